The maximum atomic E-state index is 5.38. The smallest absolute Gasteiger partial charge is 0.183 e. The summed E-state index contributed by atoms with van der Waals surface area (Å²) in [5.74, 6) is 1.41. The van der Waals surface area contributed by atoms with Crippen LogP contribution in [0.2, 0.25) is 0 Å². The van der Waals surface area contributed by atoms with Crippen LogP contribution in [0.1, 0.15) is 18.2 Å². The Morgan fingerprint density at radius 1 is 1.30 bits per heavy atom. The molecule has 2 rings (SSSR count). The third-order valence-corrected chi connectivity index (χ3v) is 3.84. The van der Waals surface area contributed by atoms with E-state index in [0.717, 1.165) is 12.1 Å². The van der Waals surface area contributed by atoms with Crippen molar-refractivity contribution in [3.8, 4) is 11.5 Å². The Kier molecular flexibility index (Phi) is 5.38. The van der Waals surface area contributed by atoms with Gasteiger partial charge >= 0.3 is 0 Å². The van der Waals surface area contributed by atoms with Crippen LogP contribution < -0.4 is 14.8 Å². The van der Waals surface area contributed by atoms with Crippen LogP contribution >= 0.6 is 11.3 Å². The molecule has 0 aromatic carbocycles. The van der Waals surface area contributed by atoms with E-state index in [2.05, 4.69) is 34.1 Å². The van der Waals surface area contributed by atoms with Gasteiger partial charge in [-0.05, 0) is 35.7 Å². The third kappa shape index (κ3) is 3.71. The first kappa shape index (κ1) is 14.8. The van der Waals surface area contributed by atoms with Gasteiger partial charge in [0.25, 0.3) is 0 Å². The van der Waals surface area contributed by atoms with E-state index in [1.165, 1.54) is 5.56 Å². The van der Waals surface area contributed by atoms with E-state index in [1.807, 2.05) is 0 Å². The number of thiophene rings is 1. The standard InChI is InChI=1S/C15H20N2O2S/c1-11(8-12-5-7-20-10-12)17-9-13-15(19-3)14(18-2)4-6-16-13/h4-7,10-11,17H,8-9H2,1-3H3. The highest BCUT2D eigenvalue weighted by Crippen LogP contribution is 2.28. The zero-order chi connectivity index (χ0) is 14.4. The number of nitrogens with zero attached hydrogens (tertiary/aromatic N) is 1. The zero-order valence-corrected chi connectivity index (χ0v) is 12.9. The van der Waals surface area contributed by atoms with Crippen LogP contribution in [-0.2, 0) is 13.0 Å². The number of pyridine rings is 1. The summed E-state index contributed by atoms with van der Waals surface area (Å²) >= 11 is 1.73. The minimum absolute atomic E-state index is 0.377. The van der Waals surface area contributed by atoms with E-state index in [4.69, 9.17) is 9.47 Å². The number of hydrogen-bond donors (Lipinski definition) is 1. The molecule has 0 bridgehead atoms. The van der Waals surface area contributed by atoms with Crippen LogP contribution in [0.15, 0.2) is 29.1 Å². The topological polar surface area (TPSA) is 43.4 Å². The Bertz CT molecular complexity index is 529. The summed E-state index contributed by atoms with van der Waals surface area (Å²) in [5.41, 5.74) is 2.23. The molecule has 0 saturated carbocycles. The van der Waals surface area contributed by atoms with Crippen molar-refractivity contribution < 1.29 is 9.47 Å². The summed E-state index contributed by atoms with van der Waals surface area (Å²) in [4.78, 5) is 4.36. The van der Waals surface area contributed by atoms with Crippen molar-refractivity contribution in [1.29, 1.82) is 0 Å². The van der Waals surface area contributed by atoms with Crippen LogP contribution in [0.25, 0.3) is 0 Å². The maximum Gasteiger partial charge on any atom is 0.183 e. The van der Waals surface area contributed by atoms with E-state index in [9.17, 15) is 0 Å². The molecule has 0 aliphatic carbocycles. The molecule has 0 amide bonds. The Hall–Kier alpha value is -1.59. The molecule has 108 valence electrons. The Labute approximate surface area is 123 Å². The lowest BCUT2D eigenvalue weighted by Crippen LogP contribution is -2.28. The highest BCUT2D eigenvalue weighted by atomic mass is 32.1. The van der Waals surface area contributed by atoms with Gasteiger partial charge in [0.15, 0.2) is 11.5 Å². The molecule has 0 aliphatic heterocycles. The summed E-state index contributed by atoms with van der Waals surface area (Å²) in [6.45, 7) is 2.83. The van der Waals surface area contributed by atoms with Gasteiger partial charge in [0, 0.05) is 24.8 Å². The molecule has 5 heteroatoms. The van der Waals surface area contributed by atoms with Crippen LogP contribution in [0.3, 0.4) is 0 Å². The van der Waals surface area contributed by atoms with Crippen molar-refractivity contribution in [3.63, 3.8) is 0 Å². The van der Waals surface area contributed by atoms with Crippen LogP contribution in [0.5, 0.6) is 11.5 Å². The van der Waals surface area contributed by atoms with Crippen molar-refractivity contribution in [2.75, 3.05) is 14.2 Å². The molecule has 4 nitrogen and oxygen atoms in total. The lowest BCUT2D eigenvalue weighted by Gasteiger charge is -2.15. The molecule has 0 radical (unpaired) electrons. The summed E-state index contributed by atoms with van der Waals surface area (Å²) in [7, 11) is 3.27. The third-order valence-electron chi connectivity index (χ3n) is 3.11. The normalized spacial score (nSPS) is 12.2. The van der Waals surface area contributed by atoms with Gasteiger partial charge in [-0.3, -0.25) is 4.98 Å². The van der Waals surface area contributed by atoms with E-state index in [0.29, 0.717) is 24.1 Å². The predicted octanol–water partition coefficient (Wildman–Crippen LogP) is 2.88. The second-order valence-electron chi connectivity index (χ2n) is 4.61. The van der Waals surface area contributed by atoms with E-state index in [-0.39, 0.29) is 0 Å². The van der Waals surface area contributed by atoms with Crippen molar-refractivity contribution >= 4 is 11.3 Å². The molecule has 2 heterocycles. The molecule has 20 heavy (non-hydrogen) atoms. The van der Waals surface area contributed by atoms with E-state index < -0.39 is 0 Å². The van der Waals surface area contributed by atoms with Crippen molar-refractivity contribution in [1.82, 2.24) is 10.3 Å². The summed E-state index contributed by atoms with van der Waals surface area (Å²) in [6, 6.07) is 4.34. The van der Waals surface area contributed by atoms with Gasteiger partial charge in [-0.2, -0.15) is 11.3 Å². The lowest BCUT2D eigenvalue weighted by molar-refractivity contribution is 0.347. The SMILES string of the molecule is COc1ccnc(CNC(C)Cc2ccsc2)c1OC. The molecule has 0 aliphatic rings. The largest absolute Gasteiger partial charge is 0.493 e. The fourth-order valence-electron chi connectivity index (χ4n) is 2.08. The van der Waals surface area contributed by atoms with Crippen molar-refractivity contribution in [3.05, 3.63) is 40.3 Å². The molecule has 1 atom stereocenters. The van der Waals surface area contributed by atoms with Crippen LogP contribution in [-0.4, -0.2) is 25.2 Å². The highest BCUT2D eigenvalue weighted by molar-refractivity contribution is 7.07. The Morgan fingerprint density at radius 3 is 2.80 bits per heavy atom. The zero-order valence-electron chi connectivity index (χ0n) is 12.1. The van der Waals surface area contributed by atoms with Gasteiger partial charge in [-0.1, -0.05) is 0 Å². The molecular weight excluding hydrogens is 272 g/mol. The highest BCUT2D eigenvalue weighted by Gasteiger charge is 2.12. The Balaban J connectivity index is 1.96. The quantitative estimate of drug-likeness (QED) is 0.852. The second kappa shape index (κ2) is 7.26. The summed E-state index contributed by atoms with van der Waals surface area (Å²) in [5, 5.41) is 7.76. The van der Waals surface area contributed by atoms with Gasteiger partial charge in [-0.15, -0.1) is 0 Å². The minimum Gasteiger partial charge on any atom is -0.493 e. The molecule has 0 saturated heterocycles. The van der Waals surface area contributed by atoms with Crippen LogP contribution in [0, 0.1) is 0 Å². The Morgan fingerprint density at radius 2 is 2.15 bits per heavy atom. The molecule has 2 aromatic heterocycles. The monoisotopic (exact) mass is 292 g/mol. The van der Waals surface area contributed by atoms with Gasteiger partial charge in [0.2, 0.25) is 0 Å². The molecule has 1 unspecified atom stereocenters. The van der Waals surface area contributed by atoms with Crippen molar-refractivity contribution in [2.24, 2.45) is 0 Å². The fourth-order valence-corrected chi connectivity index (χ4v) is 2.76. The van der Waals surface area contributed by atoms with E-state index >= 15 is 0 Å². The van der Waals surface area contributed by atoms with Gasteiger partial charge < -0.3 is 14.8 Å². The van der Waals surface area contributed by atoms with Crippen LogP contribution in [0.4, 0.5) is 0 Å². The van der Waals surface area contributed by atoms with Gasteiger partial charge in [0.05, 0.1) is 19.9 Å². The summed E-state index contributed by atoms with van der Waals surface area (Å²) in [6.07, 6.45) is 2.75. The first-order valence-corrected chi connectivity index (χ1v) is 7.49. The van der Waals surface area contributed by atoms with Gasteiger partial charge in [-0.25, -0.2) is 0 Å². The molecule has 0 spiro atoms. The fraction of sp³-hybridized carbons (Fsp3) is 0.400. The average molecular weight is 292 g/mol. The maximum absolute atomic E-state index is 5.38. The number of aromatic nitrogens is 1. The number of ether oxygens (including phenoxy) is 2. The number of methoxy groups -OCH3 is 2. The van der Waals surface area contributed by atoms with Gasteiger partial charge in [0.1, 0.15) is 0 Å². The molecular formula is C15H20N2O2S. The number of nitrogens with one attached hydrogen (secondary N) is 1. The predicted molar refractivity (Wildman–Crippen MR) is 81.7 cm³/mol. The first-order valence-electron chi connectivity index (χ1n) is 6.55. The summed E-state index contributed by atoms with van der Waals surface area (Å²) < 4.78 is 10.7. The number of rotatable bonds is 7. The second-order valence-corrected chi connectivity index (χ2v) is 5.39. The lowest BCUT2D eigenvalue weighted by atomic mass is 10.1. The average Bonchev–Trinajstić information content (AvgIpc) is 2.97. The number of hydrogen-bond acceptors (Lipinski definition) is 5. The first-order chi connectivity index (χ1) is 9.74. The molecule has 0 fully saturated rings. The molecule has 2 aromatic rings. The molecule has 1 N–H and O–H groups in total. The minimum atomic E-state index is 0.377. The van der Waals surface area contributed by atoms with E-state index in [1.54, 1.807) is 37.8 Å². The van der Waals surface area contributed by atoms with Crippen molar-refractivity contribution in [2.45, 2.75) is 25.9 Å².